The van der Waals surface area contributed by atoms with E-state index in [0.29, 0.717) is 0 Å². The van der Waals surface area contributed by atoms with Gasteiger partial charge < -0.3 is 5.32 Å². The first kappa shape index (κ1) is 11.3. The van der Waals surface area contributed by atoms with E-state index in [9.17, 15) is 0 Å². The van der Waals surface area contributed by atoms with E-state index in [1.54, 1.807) is 22.7 Å². The van der Waals surface area contributed by atoms with Crippen molar-refractivity contribution in [2.24, 2.45) is 0 Å². The van der Waals surface area contributed by atoms with Crippen molar-refractivity contribution in [3.63, 3.8) is 0 Å². The van der Waals surface area contributed by atoms with Crippen molar-refractivity contribution in [3.05, 3.63) is 26.3 Å². The lowest BCUT2D eigenvalue weighted by molar-refractivity contribution is 0.723. The predicted molar refractivity (Wildman–Crippen MR) is 70.5 cm³/mol. The Balaban J connectivity index is 2.13. The second-order valence-corrected chi connectivity index (χ2v) is 5.81. The third kappa shape index (κ3) is 2.87. The van der Waals surface area contributed by atoms with Crippen molar-refractivity contribution >= 4 is 38.6 Å². The zero-order valence-corrected chi connectivity index (χ0v) is 11.5. The fraction of sp³-hybridized carbons (Fsp3) is 0.300. The smallest absolute Gasteiger partial charge is 0.107 e. The van der Waals surface area contributed by atoms with Crippen LogP contribution in [0.2, 0.25) is 0 Å². The molecule has 0 fully saturated rings. The number of nitrogens with zero attached hydrogens (tertiary/aromatic N) is 1. The van der Waals surface area contributed by atoms with E-state index < -0.39 is 0 Å². The molecule has 2 aromatic rings. The number of halogens is 1. The summed E-state index contributed by atoms with van der Waals surface area (Å²) in [6, 6.07) is 2.11. The van der Waals surface area contributed by atoms with Crippen LogP contribution in [-0.4, -0.2) is 11.5 Å². The number of aromatic nitrogens is 1. The van der Waals surface area contributed by atoms with Crippen LogP contribution >= 0.6 is 38.6 Å². The van der Waals surface area contributed by atoms with Gasteiger partial charge in [-0.3, -0.25) is 0 Å². The van der Waals surface area contributed by atoms with Gasteiger partial charge in [0.1, 0.15) is 5.01 Å². The lowest BCUT2D eigenvalue weighted by Crippen LogP contribution is -2.11. The molecule has 1 N–H and O–H groups in total. The third-order valence-corrected chi connectivity index (χ3v) is 4.46. The Morgan fingerprint density at radius 3 is 2.93 bits per heavy atom. The Morgan fingerprint density at radius 2 is 2.27 bits per heavy atom. The molecule has 0 saturated carbocycles. The van der Waals surface area contributed by atoms with E-state index in [4.69, 9.17) is 0 Å². The fourth-order valence-corrected chi connectivity index (χ4v) is 3.41. The van der Waals surface area contributed by atoms with Gasteiger partial charge in [0, 0.05) is 21.8 Å². The molecule has 0 aliphatic carbocycles. The van der Waals surface area contributed by atoms with Crippen LogP contribution in [0.1, 0.15) is 11.9 Å². The molecule has 2 rings (SSSR count). The van der Waals surface area contributed by atoms with Crippen molar-refractivity contribution in [2.45, 2.75) is 13.5 Å². The largest absolute Gasteiger partial charge is 0.311 e. The molecule has 15 heavy (non-hydrogen) atoms. The maximum atomic E-state index is 4.58. The molecule has 5 heteroatoms. The van der Waals surface area contributed by atoms with Crippen LogP contribution in [0, 0.1) is 0 Å². The van der Waals surface area contributed by atoms with Gasteiger partial charge in [0.2, 0.25) is 0 Å². The lowest BCUT2D eigenvalue weighted by Gasteiger charge is -1.94. The van der Waals surface area contributed by atoms with Gasteiger partial charge in [0.05, 0.1) is 10.6 Å². The van der Waals surface area contributed by atoms with Gasteiger partial charge in [-0.1, -0.05) is 6.92 Å². The molecular formula is C10H11BrN2S2. The SMILES string of the molecule is CCNCc1nc(-c2cc(Br)cs2)cs1. The minimum atomic E-state index is 0.869. The molecule has 2 aromatic heterocycles. The quantitative estimate of drug-likeness (QED) is 0.930. The van der Waals surface area contributed by atoms with Crippen molar-refractivity contribution < 1.29 is 0 Å². The van der Waals surface area contributed by atoms with Crippen molar-refractivity contribution in [2.75, 3.05) is 6.54 Å². The van der Waals surface area contributed by atoms with Crippen molar-refractivity contribution in [1.82, 2.24) is 10.3 Å². The van der Waals surface area contributed by atoms with Crippen LogP contribution in [-0.2, 0) is 6.54 Å². The Hall–Kier alpha value is -0.230. The van der Waals surface area contributed by atoms with Crippen LogP contribution in [0.5, 0.6) is 0 Å². The summed E-state index contributed by atoms with van der Waals surface area (Å²) in [5.74, 6) is 0. The molecular weight excluding hydrogens is 292 g/mol. The number of thiazole rings is 1. The van der Waals surface area contributed by atoms with E-state index in [1.165, 1.54) is 4.88 Å². The molecule has 0 spiro atoms. The van der Waals surface area contributed by atoms with Gasteiger partial charge in [0.15, 0.2) is 0 Å². The number of rotatable bonds is 4. The predicted octanol–water partition coefficient (Wildman–Crippen LogP) is 3.74. The Labute approximate surface area is 106 Å². The summed E-state index contributed by atoms with van der Waals surface area (Å²) < 4.78 is 1.13. The summed E-state index contributed by atoms with van der Waals surface area (Å²) in [7, 11) is 0. The summed E-state index contributed by atoms with van der Waals surface area (Å²) >= 11 is 6.88. The van der Waals surface area contributed by atoms with Gasteiger partial charge >= 0.3 is 0 Å². The topological polar surface area (TPSA) is 24.9 Å². The number of hydrogen-bond donors (Lipinski definition) is 1. The number of thiophene rings is 1. The van der Waals surface area contributed by atoms with Crippen LogP contribution in [0.3, 0.4) is 0 Å². The molecule has 80 valence electrons. The van der Waals surface area contributed by atoms with Crippen molar-refractivity contribution in [3.8, 4) is 10.6 Å². The normalized spacial score (nSPS) is 10.8. The van der Waals surface area contributed by atoms with E-state index in [0.717, 1.165) is 28.3 Å². The summed E-state index contributed by atoms with van der Waals surface area (Å²) in [5, 5.41) is 8.62. The summed E-state index contributed by atoms with van der Waals surface area (Å²) in [6.07, 6.45) is 0. The highest BCUT2D eigenvalue weighted by molar-refractivity contribution is 9.10. The highest BCUT2D eigenvalue weighted by Gasteiger charge is 2.06. The zero-order valence-electron chi connectivity index (χ0n) is 8.29. The highest BCUT2D eigenvalue weighted by Crippen LogP contribution is 2.30. The third-order valence-electron chi connectivity index (χ3n) is 1.90. The first-order chi connectivity index (χ1) is 7.29. The van der Waals surface area contributed by atoms with Gasteiger partial charge in [-0.25, -0.2) is 4.98 Å². The molecule has 0 unspecified atom stereocenters. The minimum Gasteiger partial charge on any atom is -0.311 e. The van der Waals surface area contributed by atoms with Gasteiger partial charge in [-0.05, 0) is 28.5 Å². The molecule has 0 aliphatic rings. The molecule has 0 radical (unpaired) electrons. The average molecular weight is 303 g/mol. The second kappa shape index (κ2) is 5.21. The van der Waals surface area contributed by atoms with E-state index in [2.05, 4.69) is 50.0 Å². The standard InChI is InChI=1S/C10H11BrN2S2/c1-2-12-4-10-13-8(6-15-10)9-3-7(11)5-14-9/h3,5-6,12H,2,4H2,1H3. The first-order valence-corrected chi connectivity index (χ1v) is 7.24. The van der Waals surface area contributed by atoms with Gasteiger partial charge in [0.25, 0.3) is 0 Å². The molecule has 0 atom stereocenters. The molecule has 0 aromatic carbocycles. The van der Waals surface area contributed by atoms with Crippen LogP contribution < -0.4 is 5.32 Å². The minimum absolute atomic E-state index is 0.869. The summed E-state index contributed by atoms with van der Waals surface area (Å²) in [4.78, 5) is 5.80. The maximum absolute atomic E-state index is 4.58. The Bertz CT molecular complexity index is 436. The fourth-order valence-electron chi connectivity index (χ4n) is 1.18. The summed E-state index contributed by atoms with van der Waals surface area (Å²) in [6.45, 7) is 3.96. The molecule has 0 saturated heterocycles. The maximum Gasteiger partial charge on any atom is 0.107 e. The lowest BCUT2D eigenvalue weighted by atomic mass is 10.4. The van der Waals surface area contributed by atoms with Crippen molar-refractivity contribution in [1.29, 1.82) is 0 Å². The van der Waals surface area contributed by atoms with E-state index in [-0.39, 0.29) is 0 Å². The number of nitrogens with one attached hydrogen (secondary N) is 1. The molecule has 0 amide bonds. The van der Waals surface area contributed by atoms with Crippen LogP contribution in [0.4, 0.5) is 0 Å². The monoisotopic (exact) mass is 302 g/mol. The molecule has 2 heterocycles. The molecule has 2 nitrogen and oxygen atoms in total. The molecule has 0 bridgehead atoms. The van der Waals surface area contributed by atoms with Crippen LogP contribution in [0.15, 0.2) is 21.3 Å². The van der Waals surface area contributed by atoms with E-state index in [1.807, 2.05) is 0 Å². The second-order valence-electron chi connectivity index (χ2n) is 3.04. The Kier molecular flexibility index (Phi) is 3.91. The first-order valence-electron chi connectivity index (χ1n) is 4.69. The van der Waals surface area contributed by atoms with Gasteiger partial charge in [-0.2, -0.15) is 0 Å². The number of hydrogen-bond acceptors (Lipinski definition) is 4. The zero-order chi connectivity index (χ0) is 10.7. The molecule has 0 aliphatic heterocycles. The average Bonchev–Trinajstić information content (AvgIpc) is 2.83. The summed E-state index contributed by atoms with van der Waals surface area (Å²) in [5.41, 5.74) is 1.09. The van der Waals surface area contributed by atoms with Gasteiger partial charge in [-0.15, -0.1) is 22.7 Å². The highest BCUT2D eigenvalue weighted by atomic mass is 79.9. The van der Waals surface area contributed by atoms with Crippen LogP contribution in [0.25, 0.3) is 10.6 Å². The van der Waals surface area contributed by atoms with E-state index >= 15 is 0 Å². The Morgan fingerprint density at radius 1 is 1.40 bits per heavy atom.